The lowest BCUT2D eigenvalue weighted by molar-refractivity contribution is -0.384. The van der Waals surface area contributed by atoms with Gasteiger partial charge in [0.25, 0.3) is 5.69 Å². The molecule has 0 aliphatic carbocycles. The summed E-state index contributed by atoms with van der Waals surface area (Å²) >= 11 is 0. The van der Waals surface area contributed by atoms with Crippen LogP contribution in [0.5, 0.6) is 0 Å². The molecule has 1 aromatic rings. The lowest BCUT2D eigenvalue weighted by atomic mass is 10.1. The number of hydrogen-bond donors (Lipinski definition) is 0. The van der Waals surface area contributed by atoms with E-state index in [1.165, 1.54) is 24.6 Å². The van der Waals surface area contributed by atoms with Crippen LogP contribution in [-0.2, 0) is 0 Å². The monoisotopic (exact) mass is 231 g/mol. The smallest absolute Gasteiger partial charge is 0.271 e. The second kappa shape index (κ2) is 4.83. The third-order valence-corrected chi connectivity index (χ3v) is 3.01. The van der Waals surface area contributed by atoms with Gasteiger partial charge in [0, 0.05) is 25.2 Å². The summed E-state index contributed by atoms with van der Waals surface area (Å²) in [5.41, 5.74) is 1.25. The lowest BCUT2D eigenvalue weighted by Crippen LogP contribution is -2.30. The molecule has 0 atom stereocenters. The molecule has 5 nitrogen and oxygen atoms in total. The zero-order valence-corrected chi connectivity index (χ0v) is 9.43. The van der Waals surface area contributed by atoms with E-state index in [1.54, 1.807) is 0 Å². The molecule has 1 fully saturated rings. The van der Waals surface area contributed by atoms with Crippen molar-refractivity contribution in [1.82, 2.24) is 0 Å². The Kier molecular flexibility index (Phi) is 3.24. The number of benzene rings is 1. The maximum Gasteiger partial charge on any atom is 0.271 e. The molecule has 17 heavy (non-hydrogen) atoms. The number of nitro groups is 1. The van der Waals surface area contributed by atoms with Gasteiger partial charge in [0.05, 0.1) is 16.2 Å². The number of nitriles is 1. The molecule has 88 valence electrons. The highest BCUT2D eigenvalue weighted by atomic mass is 16.6. The highest BCUT2D eigenvalue weighted by molar-refractivity contribution is 5.63. The molecule has 0 spiro atoms. The first-order valence-corrected chi connectivity index (χ1v) is 5.66. The van der Waals surface area contributed by atoms with E-state index in [-0.39, 0.29) is 5.69 Å². The van der Waals surface area contributed by atoms with Crippen molar-refractivity contribution in [3.63, 3.8) is 0 Å². The van der Waals surface area contributed by atoms with Crippen molar-refractivity contribution in [2.24, 2.45) is 0 Å². The summed E-state index contributed by atoms with van der Waals surface area (Å²) in [6.45, 7) is 1.74. The third kappa shape index (κ3) is 2.36. The van der Waals surface area contributed by atoms with Crippen LogP contribution in [0.25, 0.3) is 0 Å². The topological polar surface area (TPSA) is 70.2 Å². The fraction of sp³-hybridized carbons (Fsp3) is 0.417. The minimum Gasteiger partial charge on any atom is -0.370 e. The van der Waals surface area contributed by atoms with Crippen molar-refractivity contribution in [1.29, 1.82) is 5.26 Å². The molecule has 0 unspecified atom stereocenters. The molecule has 0 aromatic heterocycles. The first-order chi connectivity index (χ1) is 8.22. The molecule has 1 saturated heterocycles. The number of piperidine rings is 1. The van der Waals surface area contributed by atoms with E-state index in [9.17, 15) is 10.1 Å². The van der Waals surface area contributed by atoms with E-state index >= 15 is 0 Å². The Bertz CT molecular complexity index is 473. The summed E-state index contributed by atoms with van der Waals surface area (Å²) < 4.78 is 0. The predicted octanol–water partition coefficient (Wildman–Crippen LogP) is 2.46. The SMILES string of the molecule is N#Cc1ccc([N+](=O)[O-])cc1N1CCCCC1. The van der Waals surface area contributed by atoms with Crippen molar-refractivity contribution in [2.45, 2.75) is 19.3 Å². The highest BCUT2D eigenvalue weighted by Gasteiger charge is 2.17. The van der Waals surface area contributed by atoms with Crippen LogP contribution in [0.15, 0.2) is 18.2 Å². The van der Waals surface area contributed by atoms with Gasteiger partial charge in [-0.05, 0) is 25.3 Å². The molecule has 2 rings (SSSR count). The van der Waals surface area contributed by atoms with Crippen LogP contribution in [0.4, 0.5) is 11.4 Å². The van der Waals surface area contributed by atoms with E-state index in [0.29, 0.717) is 11.3 Å². The summed E-state index contributed by atoms with van der Waals surface area (Å²) in [7, 11) is 0. The largest absolute Gasteiger partial charge is 0.370 e. The van der Waals surface area contributed by atoms with Crippen molar-refractivity contribution in [2.75, 3.05) is 18.0 Å². The fourth-order valence-electron chi connectivity index (χ4n) is 2.12. The minimum absolute atomic E-state index is 0.0459. The van der Waals surface area contributed by atoms with Gasteiger partial charge in [0.1, 0.15) is 6.07 Å². The van der Waals surface area contributed by atoms with Crippen molar-refractivity contribution >= 4 is 11.4 Å². The Hall–Kier alpha value is -2.09. The zero-order chi connectivity index (χ0) is 12.3. The van der Waals surface area contributed by atoms with Gasteiger partial charge in [0.2, 0.25) is 0 Å². The van der Waals surface area contributed by atoms with Crippen LogP contribution < -0.4 is 4.90 Å². The first kappa shape index (κ1) is 11.4. The van der Waals surface area contributed by atoms with E-state index in [0.717, 1.165) is 25.9 Å². The maximum atomic E-state index is 10.7. The second-order valence-corrected chi connectivity index (χ2v) is 4.12. The molecular weight excluding hydrogens is 218 g/mol. The van der Waals surface area contributed by atoms with Crippen molar-refractivity contribution in [3.8, 4) is 6.07 Å². The van der Waals surface area contributed by atoms with Crippen molar-refractivity contribution in [3.05, 3.63) is 33.9 Å². The first-order valence-electron chi connectivity index (χ1n) is 5.66. The molecule has 1 aromatic carbocycles. The Labute approximate surface area is 99.4 Å². The minimum atomic E-state index is -0.422. The summed E-state index contributed by atoms with van der Waals surface area (Å²) in [6, 6.07) is 6.51. The van der Waals surface area contributed by atoms with Gasteiger partial charge in [0.15, 0.2) is 0 Å². The Morgan fingerprint density at radius 3 is 2.59 bits per heavy atom. The van der Waals surface area contributed by atoms with Crippen molar-refractivity contribution < 1.29 is 4.92 Å². The fourth-order valence-corrected chi connectivity index (χ4v) is 2.12. The molecule has 0 radical (unpaired) electrons. The summed E-state index contributed by atoms with van der Waals surface area (Å²) in [4.78, 5) is 12.4. The third-order valence-electron chi connectivity index (χ3n) is 3.01. The van der Waals surface area contributed by atoms with Gasteiger partial charge in [-0.25, -0.2) is 0 Å². The quantitative estimate of drug-likeness (QED) is 0.579. The van der Waals surface area contributed by atoms with E-state index in [4.69, 9.17) is 5.26 Å². The van der Waals surface area contributed by atoms with Crippen LogP contribution >= 0.6 is 0 Å². The standard InChI is InChI=1S/C12H13N3O2/c13-9-10-4-5-11(15(16)17)8-12(10)14-6-2-1-3-7-14/h4-5,8H,1-3,6-7H2. The molecule has 0 amide bonds. The van der Waals surface area contributed by atoms with Crippen LogP contribution in [0.2, 0.25) is 0 Å². The Balaban J connectivity index is 2.38. The summed E-state index contributed by atoms with van der Waals surface area (Å²) in [6.07, 6.45) is 3.34. The van der Waals surface area contributed by atoms with Gasteiger partial charge in [-0.15, -0.1) is 0 Å². The van der Waals surface area contributed by atoms with E-state index in [2.05, 4.69) is 11.0 Å². The molecule has 1 aliphatic heterocycles. The molecule has 1 heterocycles. The van der Waals surface area contributed by atoms with E-state index in [1.807, 2.05) is 0 Å². The number of nitrogens with zero attached hydrogens (tertiary/aromatic N) is 3. The molecule has 5 heteroatoms. The van der Waals surface area contributed by atoms with Crippen LogP contribution in [0.3, 0.4) is 0 Å². The Morgan fingerprint density at radius 2 is 2.00 bits per heavy atom. The Morgan fingerprint density at radius 1 is 1.29 bits per heavy atom. The highest BCUT2D eigenvalue weighted by Crippen LogP contribution is 2.27. The zero-order valence-electron chi connectivity index (χ0n) is 9.43. The second-order valence-electron chi connectivity index (χ2n) is 4.12. The summed E-state index contributed by atoms with van der Waals surface area (Å²) in [5.74, 6) is 0. The number of hydrogen-bond acceptors (Lipinski definition) is 4. The average Bonchev–Trinajstić information content (AvgIpc) is 2.39. The van der Waals surface area contributed by atoms with Crippen LogP contribution in [-0.4, -0.2) is 18.0 Å². The number of anilines is 1. The normalized spacial score (nSPS) is 15.4. The molecule has 0 saturated carbocycles. The van der Waals surface area contributed by atoms with Gasteiger partial charge < -0.3 is 4.90 Å². The number of rotatable bonds is 2. The van der Waals surface area contributed by atoms with Crippen LogP contribution in [0, 0.1) is 21.4 Å². The van der Waals surface area contributed by atoms with Gasteiger partial charge in [-0.3, -0.25) is 10.1 Å². The number of nitro benzene ring substituents is 1. The predicted molar refractivity (Wildman–Crippen MR) is 63.9 cm³/mol. The van der Waals surface area contributed by atoms with Gasteiger partial charge >= 0.3 is 0 Å². The van der Waals surface area contributed by atoms with Crippen LogP contribution in [0.1, 0.15) is 24.8 Å². The van der Waals surface area contributed by atoms with Gasteiger partial charge in [-0.1, -0.05) is 0 Å². The molecule has 1 aliphatic rings. The molecule has 0 bridgehead atoms. The van der Waals surface area contributed by atoms with Gasteiger partial charge in [-0.2, -0.15) is 5.26 Å². The summed E-state index contributed by atoms with van der Waals surface area (Å²) in [5, 5.41) is 19.8. The maximum absolute atomic E-state index is 10.7. The number of non-ortho nitro benzene ring substituents is 1. The molecule has 0 N–H and O–H groups in total. The lowest BCUT2D eigenvalue weighted by Gasteiger charge is -2.29. The molecular formula is C12H13N3O2. The average molecular weight is 231 g/mol. The van der Waals surface area contributed by atoms with E-state index < -0.39 is 4.92 Å².